The Kier molecular flexibility index (Phi) is 3.54. The molecule has 0 bridgehead atoms. The van der Waals surface area contributed by atoms with Gasteiger partial charge in [-0.15, -0.1) is 11.3 Å². The highest BCUT2D eigenvalue weighted by Gasteiger charge is 2.23. The zero-order chi connectivity index (χ0) is 9.80. The normalized spacial score (nSPS) is 19.2. The molecule has 1 heterocycles. The fraction of sp³-hybridized carbons (Fsp3) is 0.727. The average Bonchev–Trinajstić information content (AvgIpc) is 2.61. The van der Waals surface area contributed by atoms with Crippen LogP contribution in [-0.4, -0.2) is 11.5 Å². The van der Waals surface area contributed by atoms with E-state index >= 15 is 0 Å². The Bertz CT molecular complexity index is 254. The van der Waals surface area contributed by atoms with Crippen LogP contribution in [0.5, 0.6) is 0 Å². The van der Waals surface area contributed by atoms with Crippen LogP contribution in [0.3, 0.4) is 0 Å². The zero-order valence-electron chi connectivity index (χ0n) is 8.70. The van der Waals surface area contributed by atoms with E-state index in [4.69, 9.17) is 0 Å². The largest absolute Gasteiger partial charge is 0.309 e. The van der Waals surface area contributed by atoms with E-state index in [1.54, 1.807) is 11.3 Å². The molecule has 0 aromatic carbocycles. The molecule has 1 N–H and O–H groups in total. The first-order valence-corrected chi connectivity index (χ1v) is 6.46. The highest BCUT2D eigenvalue weighted by Crippen LogP contribution is 2.34. The van der Waals surface area contributed by atoms with Crippen LogP contribution >= 0.6 is 11.3 Å². The molecule has 3 heteroatoms. The van der Waals surface area contributed by atoms with Crippen molar-refractivity contribution in [2.45, 2.75) is 38.6 Å². The predicted molar refractivity (Wildman–Crippen MR) is 60.5 cm³/mol. The van der Waals surface area contributed by atoms with Crippen molar-refractivity contribution >= 4 is 11.3 Å². The van der Waals surface area contributed by atoms with Crippen molar-refractivity contribution in [3.05, 3.63) is 16.6 Å². The highest BCUT2D eigenvalue weighted by molar-refractivity contribution is 7.07. The van der Waals surface area contributed by atoms with Crippen LogP contribution < -0.4 is 5.32 Å². The monoisotopic (exact) mass is 210 g/mol. The molecular formula is C11H18N2S. The Morgan fingerprint density at radius 2 is 2.50 bits per heavy atom. The third-order valence-electron chi connectivity index (χ3n) is 3.05. The van der Waals surface area contributed by atoms with Crippen molar-refractivity contribution < 1.29 is 0 Å². The van der Waals surface area contributed by atoms with Gasteiger partial charge in [0.2, 0.25) is 0 Å². The highest BCUT2D eigenvalue weighted by atomic mass is 32.1. The Morgan fingerprint density at radius 3 is 3.00 bits per heavy atom. The SMILES string of the molecule is CCNC(CC1CCC1)c1cscn1. The van der Waals surface area contributed by atoms with Gasteiger partial charge in [-0.1, -0.05) is 26.2 Å². The van der Waals surface area contributed by atoms with E-state index in [9.17, 15) is 0 Å². The molecule has 1 unspecified atom stereocenters. The topological polar surface area (TPSA) is 24.9 Å². The fourth-order valence-electron chi connectivity index (χ4n) is 2.01. The second-order valence-electron chi connectivity index (χ2n) is 4.06. The van der Waals surface area contributed by atoms with E-state index in [1.807, 2.05) is 5.51 Å². The first-order chi connectivity index (χ1) is 6.90. The second kappa shape index (κ2) is 4.89. The molecular weight excluding hydrogens is 192 g/mol. The molecule has 1 aliphatic rings. The van der Waals surface area contributed by atoms with Gasteiger partial charge < -0.3 is 5.32 Å². The lowest BCUT2D eigenvalue weighted by molar-refractivity contribution is 0.261. The van der Waals surface area contributed by atoms with Crippen LogP contribution in [0.1, 0.15) is 44.3 Å². The minimum absolute atomic E-state index is 0.497. The number of thiazole rings is 1. The molecule has 2 rings (SSSR count). The number of nitrogens with zero attached hydrogens (tertiary/aromatic N) is 1. The maximum absolute atomic E-state index is 4.40. The molecule has 0 spiro atoms. The van der Waals surface area contributed by atoms with Gasteiger partial charge in [-0.2, -0.15) is 0 Å². The number of hydrogen-bond donors (Lipinski definition) is 1. The number of rotatable bonds is 5. The van der Waals surface area contributed by atoms with E-state index in [-0.39, 0.29) is 0 Å². The number of hydrogen-bond acceptors (Lipinski definition) is 3. The lowest BCUT2D eigenvalue weighted by Gasteiger charge is -2.29. The summed E-state index contributed by atoms with van der Waals surface area (Å²) in [5.74, 6) is 0.945. The van der Waals surface area contributed by atoms with Crippen molar-refractivity contribution in [1.29, 1.82) is 0 Å². The second-order valence-corrected chi connectivity index (χ2v) is 4.77. The standard InChI is InChI=1S/C11H18N2S/c1-2-12-10(6-9-4-3-5-9)11-7-14-8-13-11/h7-10,12H,2-6H2,1H3. The first-order valence-electron chi connectivity index (χ1n) is 5.51. The minimum Gasteiger partial charge on any atom is -0.309 e. The summed E-state index contributed by atoms with van der Waals surface area (Å²) in [5.41, 5.74) is 3.17. The van der Waals surface area contributed by atoms with Crippen LogP contribution in [0, 0.1) is 5.92 Å². The van der Waals surface area contributed by atoms with Crippen LogP contribution in [0.4, 0.5) is 0 Å². The smallest absolute Gasteiger partial charge is 0.0795 e. The molecule has 78 valence electrons. The molecule has 0 radical (unpaired) electrons. The number of aromatic nitrogens is 1. The number of nitrogens with one attached hydrogen (secondary N) is 1. The molecule has 1 atom stereocenters. The predicted octanol–water partition coefficient (Wildman–Crippen LogP) is 2.98. The van der Waals surface area contributed by atoms with Gasteiger partial charge in [0.15, 0.2) is 0 Å². The first kappa shape index (κ1) is 10.1. The van der Waals surface area contributed by atoms with Gasteiger partial charge in [-0.25, -0.2) is 4.98 Å². The van der Waals surface area contributed by atoms with Gasteiger partial charge in [0.05, 0.1) is 17.2 Å². The van der Waals surface area contributed by atoms with E-state index in [0.29, 0.717) is 6.04 Å². The molecule has 0 saturated heterocycles. The van der Waals surface area contributed by atoms with Crippen molar-refractivity contribution in [3.8, 4) is 0 Å². The van der Waals surface area contributed by atoms with Crippen molar-refractivity contribution in [2.75, 3.05) is 6.54 Å². The fourth-order valence-corrected chi connectivity index (χ4v) is 2.62. The summed E-state index contributed by atoms with van der Waals surface area (Å²) < 4.78 is 0. The molecule has 2 nitrogen and oxygen atoms in total. The molecule has 1 aromatic heterocycles. The summed E-state index contributed by atoms with van der Waals surface area (Å²) in [6.07, 6.45) is 5.55. The quantitative estimate of drug-likeness (QED) is 0.808. The Morgan fingerprint density at radius 1 is 1.64 bits per heavy atom. The molecule has 14 heavy (non-hydrogen) atoms. The molecule has 0 aliphatic heterocycles. The molecule has 1 aromatic rings. The maximum atomic E-state index is 4.40. The summed E-state index contributed by atoms with van der Waals surface area (Å²) in [5, 5.41) is 5.70. The minimum atomic E-state index is 0.497. The van der Waals surface area contributed by atoms with E-state index in [0.717, 1.165) is 12.5 Å². The molecule has 1 aliphatic carbocycles. The molecule has 1 saturated carbocycles. The van der Waals surface area contributed by atoms with Crippen LogP contribution in [0.25, 0.3) is 0 Å². The summed E-state index contributed by atoms with van der Waals surface area (Å²) in [4.78, 5) is 4.40. The van der Waals surface area contributed by atoms with Gasteiger partial charge in [0, 0.05) is 5.38 Å². The summed E-state index contributed by atoms with van der Waals surface area (Å²) >= 11 is 1.70. The third kappa shape index (κ3) is 2.34. The third-order valence-corrected chi connectivity index (χ3v) is 3.66. The van der Waals surface area contributed by atoms with Crippen molar-refractivity contribution in [3.63, 3.8) is 0 Å². The van der Waals surface area contributed by atoms with Crippen LogP contribution in [-0.2, 0) is 0 Å². The van der Waals surface area contributed by atoms with E-state index < -0.39 is 0 Å². The zero-order valence-corrected chi connectivity index (χ0v) is 9.52. The maximum Gasteiger partial charge on any atom is 0.0795 e. The van der Waals surface area contributed by atoms with E-state index in [1.165, 1.54) is 31.4 Å². The Hall–Kier alpha value is -0.410. The van der Waals surface area contributed by atoms with Crippen molar-refractivity contribution in [2.24, 2.45) is 5.92 Å². The van der Waals surface area contributed by atoms with E-state index in [2.05, 4.69) is 22.6 Å². The molecule has 1 fully saturated rings. The van der Waals surface area contributed by atoms with Gasteiger partial charge in [0.25, 0.3) is 0 Å². The van der Waals surface area contributed by atoms with Crippen molar-refractivity contribution in [1.82, 2.24) is 10.3 Å². The van der Waals surface area contributed by atoms with Crippen LogP contribution in [0.2, 0.25) is 0 Å². The Balaban J connectivity index is 1.92. The van der Waals surface area contributed by atoms with Crippen LogP contribution in [0.15, 0.2) is 10.9 Å². The summed E-state index contributed by atoms with van der Waals surface area (Å²) in [6.45, 7) is 3.20. The van der Waals surface area contributed by atoms with Gasteiger partial charge >= 0.3 is 0 Å². The summed E-state index contributed by atoms with van der Waals surface area (Å²) in [7, 11) is 0. The Labute approximate surface area is 89.8 Å². The molecule has 0 amide bonds. The lowest BCUT2D eigenvalue weighted by atomic mass is 9.80. The average molecular weight is 210 g/mol. The van der Waals surface area contributed by atoms with Gasteiger partial charge in [-0.05, 0) is 18.9 Å². The lowest BCUT2D eigenvalue weighted by Crippen LogP contribution is -2.26. The van der Waals surface area contributed by atoms with Gasteiger partial charge in [-0.3, -0.25) is 0 Å². The summed E-state index contributed by atoms with van der Waals surface area (Å²) in [6, 6.07) is 0.497. The van der Waals surface area contributed by atoms with Gasteiger partial charge in [0.1, 0.15) is 0 Å².